The van der Waals surface area contributed by atoms with Crippen LogP contribution >= 0.6 is 11.6 Å². The molecule has 0 aliphatic heterocycles. The first kappa shape index (κ1) is 15.1. The van der Waals surface area contributed by atoms with Gasteiger partial charge in [-0.05, 0) is 11.6 Å². The van der Waals surface area contributed by atoms with E-state index in [9.17, 15) is 4.79 Å². The SMILES string of the molecule is COc1ccc(CNC(=O)c2c(Cl)ccnc2OC)cn1. The molecule has 0 aliphatic rings. The van der Waals surface area contributed by atoms with E-state index in [2.05, 4.69) is 15.3 Å². The predicted molar refractivity (Wildman–Crippen MR) is 77.8 cm³/mol. The van der Waals surface area contributed by atoms with Gasteiger partial charge in [-0.1, -0.05) is 17.7 Å². The van der Waals surface area contributed by atoms with Crippen molar-refractivity contribution in [1.82, 2.24) is 15.3 Å². The topological polar surface area (TPSA) is 73.3 Å². The van der Waals surface area contributed by atoms with Crippen molar-refractivity contribution in [2.45, 2.75) is 6.54 Å². The highest BCUT2D eigenvalue weighted by molar-refractivity contribution is 6.34. The van der Waals surface area contributed by atoms with E-state index in [-0.39, 0.29) is 22.4 Å². The van der Waals surface area contributed by atoms with Gasteiger partial charge in [0.15, 0.2) is 0 Å². The second kappa shape index (κ2) is 6.90. The van der Waals surface area contributed by atoms with Crippen molar-refractivity contribution in [3.05, 3.63) is 46.7 Å². The third-order valence-electron chi connectivity index (χ3n) is 2.75. The van der Waals surface area contributed by atoms with Crippen LogP contribution in [0.3, 0.4) is 0 Å². The number of carbonyl (C=O) groups excluding carboxylic acids is 1. The molecule has 2 aromatic heterocycles. The highest BCUT2D eigenvalue weighted by atomic mass is 35.5. The second-order valence-electron chi connectivity index (χ2n) is 4.07. The molecule has 0 fully saturated rings. The summed E-state index contributed by atoms with van der Waals surface area (Å²) in [5.74, 6) is 0.343. The molecule has 0 radical (unpaired) electrons. The van der Waals surface area contributed by atoms with Crippen LogP contribution in [0.5, 0.6) is 11.8 Å². The number of amides is 1. The Labute approximate surface area is 127 Å². The molecule has 1 N–H and O–H groups in total. The summed E-state index contributed by atoms with van der Waals surface area (Å²) in [4.78, 5) is 20.2. The monoisotopic (exact) mass is 307 g/mol. The van der Waals surface area contributed by atoms with Crippen molar-refractivity contribution in [1.29, 1.82) is 0 Å². The number of aromatic nitrogens is 2. The van der Waals surface area contributed by atoms with E-state index in [1.165, 1.54) is 19.4 Å². The number of nitrogens with zero attached hydrogens (tertiary/aromatic N) is 2. The maximum absolute atomic E-state index is 12.2. The zero-order valence-electron chi connectivity index (χ0n) is 11.6. The molecule has 0 aliphatic carbocycles. The molecule has 2 aromatic rings. The Kier molecular flexibility index (Phi) is 4.94. The summed E-state index contributed by atoms with van der Waals surface area (Å²) < 4.78 is 10.0. The van der Waals surface area contributed by atoms with E-state index in [1.54, 1.807) is 19.4 Å². The van der Waals surface area contributed by atoms with E-state index in [0.29, 0.717) is 12.4 Å². The molecule has 2 heterocycles. The standard InChI is InChI=1S/C14H14ClN3O3/c1-20-11-4-3-9(7-17-11)8-18-13(19)12-10(15)5-6-16-14(12)21-2/h3-7H,8H2,1-2H3,(H,18,19). The van der Waals surface area contributed by atoms with E-state index >= 15 is 0 Å². The minimum absolute atomic E-state index is 0.188. The number of hydrogen-bond donors (Lipinski definition) is 1. The Bertz CT molecular complexity index is 632. The summed E-state index contributed by atoms with van der Waals surface area (Å²) in [7, 11) is 2.98. The van der Waals surface area contributed by atoms with Gasteiger partial charge >= 0.3 is 0 Å². The van der Waals surface area contributed by atoms with Gasteiger partial charge in [-0.2, -0.15) is 0 Å². The van der Waals surface area contributed by atoms with Gasteiger partial charge in [-0.3, -0.25) is 4.79 Å². The molecular weight excluding hydrogens is 294 g/mol. The van der Waals surface area contributed by atoms with Crippen molar-refractivity contribution in [2.75, 3.05) is 14.2 Å². The van der Waals surface area contributed by atoms with Gasteiger partial charge in [0.05, 0.1) is 19.2 Å². The molecule has 7 heteroatoms. The van der Waals surface area contributed by atoms with E-state index in [4.69, 9.17) is 21.1 Å². The number of hydrogen-bond acceptors (Lipinski definition) is 5. The molecule has 0 aromatic carbocycles. The number of rotatable bonds is 5. The lowest BCUT2D eigenvalue weighted by Crippen LogP contribution is -2.24. The summed E-state index contributed by atoms with van der Waals surface area (Å²) in [6.45, 7) is 0.310. The molecule has 6 nitrogen and oxygen atoms in total. The van der Waals surface area contributed by atoms with Crippen molar-refractivity contribution < 1.29 is 14.3 Å². The van der Waals surface area contributed by atoms with E-state index < -0.39 is 0 Å². The van der Waals surface area contributed by atoms with Gasteiger partial charge in [0, 0.05) is 25.0 Å². The maximum atomic E-state index is 12.2. The average molecular weight is 308 g/mol. The number of pyridine rings is 2. The fourth-order valence-electron chi connectivity index (χ4n) is 1.69. The van der Waals surface area contributed by atoms with Gasteiger partial charge in [0.2, 0.25) is 11.8 Å². The molecule has 2 rings (SSSR count). The van der Waals surface area contributed by atoms with Crippen LogP contribution in [0.4, 0.5) is 0 Å². The van der Waals surface area contributed by atoms with E-state index in [1.807, 2.05) is 6.07 Å². The third-order valence-corrected chi connectivity index (χ3v) is 3.06. The quantitative estimate of drug-likeness (QED) is 0.915. The maximum Gasteiger partial charge on any atom is 0.258 e. The Morgan fingerprint density at radius 2 is 2.05 bits per heavy atom. The van der Waals surface area contributed by atoms with Crippen LogP contribution in [0.15, 0.2) is 30.6 Å². The van der Waals surface area contributed by atoms with Crippen LogP contribution in [0, 0.1) is 0 Å². The zero-order chi connectivity index (χ0) is 15.2. The lowest BCUT2D eigenvalue weighted by molar-refractivity contribution is 0.0947. The number of carbonyl (C=O) groups is 1. The minimum atomic E-state index is -0.360. The van der Waals surface area contributed by atoms with Crippen LogP contribution in [-0.2, 0) is 6.54 Å². The number of methoxy groups -OCH3 is 2. The first-order valence-electron chi connectivity index (χ1n) is 6.11. The van der Waals surface area contributed by atoms with Gasteiger partial charge < -0.3 is 14.8 Å². The van der Waals surface area contributed by atoms with Crippen molar-refractivity contribution in [3.8, 4) is 11.8 Å². The predicted octanol–water partition coefficient (Wildman–Crippen LogP) is 2.08. The van der Waals surface area contributed by atoms with Crippen LogP contribution in [0.1, 0.15) is 15.9 Å². The fraction of sp³-hybridized carbons (Fsp3) is 0.214. The molecule has 0 atom stereocenters. The largest absolute Gasteiger partial charge is 0.481 e. The lowest BCUT2D eigenvalue weighted by Gasteiger charge is -2.10. The molecular formula is C14H14ClN3O3. The van der Waals surface area contributed by atoms with Crippen molar-refractivity contribution in [3.63, 3.8) is 0 Å². The van der Waals surface area contributed by atoms with Crippen LogP contribution in [-0.4, -0.2) is 30.1 Å². The molecule has 21 heavy (non-hydrogen) atoms. The third kappa shape index (κ3) is 3.61. The molecule has 0 saturated carbocycles. The summed E-state index contributed by atoms with van der Waals surface area (Å²) in [6.07, 6.45) is 3.10. The van der Waals surface area contributed by atoms with Crippen LogP contribution in [0.25, 0.3) is 0 Å². The Balaban J connectivity index is 2.08. The minimum Gasteiger partial charge on any atom is -0.481 e. The normalized spacial score (nSPS) is 10.0. The highest BCUT2D eigenvalue weighted by Gasteiger charge is 2.17. The molecule has 0 bridgehead atoms. The van der Waals surface area contributed by atoms with Gasteiger partial charge in [0.1, 0.15) is 5.56 Å². The Morgan fingerprint density at radius 1 is 1.24 bits per heavy atom. The first-order chi connectivity index (χ1) is 10.2. The number of halogens is 1. The van der Waals surface area contributed by atoms with Crippen molar-refractivity contribution >= 4 is 17.5 Å². The number of nitrogens with one attached hydrogen (secondary N) is 1. The summed E-state index contributed by atoms with van der Waals surface area (Å²) in [5, 5.41) is 3.03. The van der Waals surface area contributed by atoms with Crippen molar-refractivity contribution in [2.24, 2.45) is 0 Å². The van der Waals surface area contributed by atoms with Gasteiger partial charge in [0.25, 0.3) is 5.91 Å². The first-order valence-corrected chi connectivity index (χ1v) is 6.49. The smallest absolute Gasteiger partial charge is 0.258 e. The summed E-state index contributed by atoms with van der Waals surface area (Å²) >= 11 is 6.01. The van der Waals surface area contributed by atoms with Crippen LogP contribution < -0.4 is 14.8 Å². The van der Waals surface area contributed by atoms with Gasteiger partial charge in [-0.25, -0.2) is 9.97 Å². The molecule has 110 valence electrons. The molecule has 1 amide bonds. The highest BCUT2D eigenvalue weighted by Crippen LogP contribution is 2.23. The van der Waals surface area contributed by atoms with Crippen LogP contribution in [0.2, 0.25) is 5.02 Å². The Morgan fingerprint density at radius 3 is 2.67 bits per heavy atom. The van der Waals surface area contributed by atoms with Gasteiger partial charge in [-0.15, -0.1) is 0 Å². The number of ether oxygens (including phenoxy) is 2. The second-order valence-corrected chi connectivity index (χ2v) is 4.48. The molecule has 0 spiro atoms. The molecule has 0 unspecified atom stereocenters. The fourth-order valence-corrected chi connectivity index (χ4v) is 1.91. The average Bonchev–Trinajstić information content (AvgIpc) is 2.52. The molecule has 0 saturated heterocycles. The van der Waals surface area contributed by atoms with E-state index in [0.717, 1.165) is 5.56 Å². The zero-order valence-corrected chi connectivity index (χ0v) is 12.3. The lowest BCUT2D eigenvalue weighted by atomic mass is 10.2. The summed E-state index contributed by atoms with van der Waals surface area (Å²) in [6, 6.07) is 5.07. The Hall–Kier alpha value is -2.34. The summed E-state index contributed by atoms with van der Waals surface area (Å²) in [5.41, 5.74) is 1.05.